The second kappa shape index (κ2) is 7.13. The standard InChI is InChI=1S/C17H18F2N2O/c1-21(2)11-16(12-6-4-3-5-7-12)20-17(22)13-8-14(18)10-15(19)9-13/h3-10,16H,11H2,1-2H3,(H,20,22)/p+1/t16-/m1/s1. The molecule has 2 N–H and O–H groups in total. The number of likely N-dealkylation sites (N-methyl/N-ethyl adjacent to an activating group) is 1. The molecule has 0 aliphatic carbocycles. The quantitative estimate of drug-likeness (QED) is 0.864. The van der Waals surface area contributed by atoms with Gasteiger partial charge in [-0.25, -0.2) is 8.78 Å². The van der Waals surface area contributed by atoms with Crippen molar-refractivity contribution < 1.29 is 18.5 Å². The van der Waals surface area contributed by atoms with Gasteiger partial charge in [-0.05, 0) is 17.7 Å². The van der Waals surface area contributed by atoms with Crippen molar-refractivity contribution in [1.82, 2.24) is 5.32 Å². The van der Waals surface area contributed by atoms with Crippen LogP contribution in [0.2, 0.25) is 0 Å². The lowest BCUT2D eigenvalue weighted by atomic mass is 10.1. The van der Waals surface area contributed by atoms with E-state index in [-0.39, 0.29) is 11.6 Å². The second-order valence-electron chi connectivity index (χ2n) is 5.51. The molecule has 0 aliphatic rings. The van der Waals surface area contributed by atoms with Gasteiger partial charge in [0.1, 0.15) is 24.2 Å². The van der Waals surface area contributed by atoms with E-state index in [2.05, 4.69) is 5.32 Å². The minimum atomic E-state index is -0.764. The first-order valence-corrected chi connectivity index (χ1v) is 7.06. The second-order valence-corrected chi connectivity index (χ2v) is 5.51. The molecule has 0 saturated heterocycles. The average molecular weight is 305 g/mol. The van der Waals surface area contributed by atoms with Gasteiger partial charge in [-0.2, -0.15) is 0 Å². The first kappa shape index (κ1) is 16.1. The summed E-state index contributed by atoms with van der Waals surface area (Å²) in [5, 5.41) is 2.84. The minimum Gasteiger partial charge on any atom is -0.340 e. The number of halogens is 2. The van der Waals surface area contributed by atoms with Crippen LogP contribution in [0.15, 0.2) is 48.5 Å². The first-order chi connectivity index (χ1) is 10.5. The topological polar surface area (TPSA) is 33.5 Å². The van der Waals surface area contributed by atoms with E-state index in [1.165, 1.54) is 0 Å². The lowest BCUT2D eigenvalue weighted by Gasteiger charge is -2.21. The molecule has 1 amide bonds. The van der Waals surface area contributed by atoms with Gasteiger partial charge in [-0.1, -0.05) is 30.3 Å². The van der Waals surface area contributed by atoms with Crippen molar-refractivity contribution >= 4 is 5.91 Å². The number of rotatable bonds is 5. The van der Waals surface area contributed by atoms with Crippen molar-refractivity contribution in [2.45, 2.75) is 6.04 Å². The highest BCUT2D eigenvalue weighted by atomic mass is 19.1. The van der Waals surface area contributed by atoms with E-state index in [0.717, 1.165) is 28.7 Å². The monoisotopic (exact) mass is 305 g/mol. The highest BCUT2D eigenvalue weighted by Gasteiger charge is 2.19. The molecule has 116 valence electrons. The van der Waals surface area contributed by atoms with E-state index in [1.807, 2.05) is 44.4 Å². The molecule has 0 unspecified atom stereocenters. The number of carbonyl (C=O) groups is 1. The number of hydrogen-bond donors (Lipinski definition) is 2. The SMILES string of the molecule is C[NH+](C)C[C@@H](NC(=O)c1cc(F)cc(F)c1)c1ccccc1. The largest absolute Gasteiger partial charge is 0.340 e. The summed E-state index contributed by atoms with van der Waals surface area (Å²) in [4.78, 5) is 13.4. The molecular weight excluding hydrogens is 286 g/mol. The summed E-state index contributed by atoms with van der Waals surface area (Å²) in [6.45, 7) is 0.660. The van der Waals surface area contributed by atoms with Crippen molar-refractivity contribution in [1.29, 1.82) is 0 Å². The Morgan fingerprint density at radius 1 is 1.09 bits per heavy atom. The zero-order valence-electron chi connectivity index (χ0n) is 12.6. The van der Waals surface area contributed by atoms with Crippen LogP contribution in [-0.2, 0) is 0 Å². The number of amides is 1. The van der Waals surface area contributed by atoms with Crippen molar-refractivity contribution in [3.63, 3.8) is 0 Å². The summed E-state index contributed by atoms with van der Waals surface area (Å²) in [6.07, 6.45) is 0. The molecule has 1 atom stereocenters. The molecule has 3 nitrogen and oxygen atoms in total. The maximum absolute atomic E-state index is 13.2. The third kappa shape index (κ3) is 4.36. The fourth-order valence-electron chi connectivity index (χ4n) is 2.27. The summed E-state index contributed by atoms with van der Waals surface area (Å²) in [5.41, 5.74) is 0.932. The predicted octanol–water partition coefficient (Wildman–Crippen LogP) is 1.58. The lowest BCUT2D eigenvalue weighted by Crippen LogP contribution is -3.06. The van der Waals surface area contributed by atoms with E-state index in [4.69, 9.17) is 0 Å². The summed E-state index contributed by atoms with van der Waals surface area (Å²) in [6, 6.07) is 12.1. The van der Waals surface area contributed by atoms with E-state index < -0.39 is 17.5 Å². The van der Waals surface area contributed by atoms with Crippen LogP contribution in [0, 0.1) is 11.6 Å². The van der Waals surface area contributed by atoms with E-state index in [1.54, 1.807) is 0 Å². The Morgan fingerprint density at radius 3 is 2.23 bits per heavy atom. The number of benzene rings is 2. The zero-order valence-corrected chi connectivity index (χ0v) is 12.6. The van der Waals surface area contributed by atoms with Gasteiger partial charge in [-0.15, -0.1) is 0 Å². The van der Waals surface area contributed by atoms with Gasteiger partial charge in [0, 0.05) is 11.6 Å². The third-order valence-corrected chi connectivity index (χ3v) is 3.24. The Bertz CT molecular complexity index is 624. The van der Waals surface area contributed by atoms with Gasteiger partial charge in [0.05, 0.1) is 14.1 Å². The van der Waals surface area contributed by atoms with Crippen LogP contribution in [0.25, 0.3) is 0 Å². The van der Waals surface area contributed by atoms with Crippen LogP contribution < -0.4 is 10.2 Å². The van der Waals surface area contributed by atoms with Crippen molar-refractivity contribution in [3.05, 3.63) is 71.3 Å². The molecule has 0 fully saturated rings. The van der Waals surface area contributed by atoms with E-state index in [9.17, 15) is 13.6 Å². The Balaban J connectivity index is 2.21. The molecule has 0 heterocycles. The number of nitrogens with one attached hydrogen (secondary N) is 2. The third-order valence-electron chi connectivity index (χ3n) is 3.24. The number of hydrogen-bond acceptors (Lipinski definition) is 1. The van der Waals surface area contributed by atoms with Gasteiger partial charge in [0.15, 0.2) is 0 Å². The molecule has 0 bridgehead atoms. The fraction of sp³-hybridized carbons (Fsp3) is 0.235. The molecular formula is C17H19F2N2O+. The summed E-state index contributed by atoms with van der Waals surface area (Å²) in [5.74, 6) is -2.02. The Morgan fingerprint density at radius 2 is 1.68 bits per heavy atom. The van der Waals surface area contributed by atoms with Crippen LogP contribution >= 0.6 is 0 Å². The lowest BCUT2D eigenvalue weighted by molar-refractivity contribution is -0.860. The Hall–Kier alpha value is -2.27. The zero-order chi connectivity index (χ0) is 16.1. The van der Waals surface area contributed by atoms with Gasteiger partial charge in [0.25, 0.3) is 5.91 Å². The molecule has 2 aromatic rings. The highest BCUT2D eigenvalue weighted by Crippen LogP contribution is 2.13. The summed E-state index contributed by atoms with van der Waals surface area (Å²) in [7, 11) is 3.95. The summed E-state index contributed by atoms with van der Waals surface area (Å²) >= 11 is 0. The molecule has 0 spiro atoms. The number of quaternary nitrogens is 1. The van der Waals surface area contributed by atoms with Gasteiger partial charge in [-0.3, -0.25) is 4.79 Å². The van der Waals surface area contributed by atoms with Crippen molar-refractivity contribution in [2.75, 3.05) is 20.6 Å². The Labute approximate surface area is 128 Å². The van der Waals surface area contributed by atoms with Crippen LogP contribution in [0.4, 0.5) is 8.78 Å². The predicted molar refractivity (Wildman–Crippen MR) is 80.7 cm³/mol. The minimum absolute atomic E-state index is 0.0211. The number of carbonyl (C=O) groups excluding carboxylic acids is 1. The smallest absolute Gasteiger partial charge is 0.252 e. The maximum atomic E-state index is 13.2. The van der Waals surface area contributed by atoms with Gasteiger partial charge < -0.3 is 10.2 Å². The van der Waals surface area contributed by atoms with Crippen LogP contribution in [0.5, 0.6) is 0 Å². The van der Waals surface area contributed by atoms with Crippen LogP contribution in [0.3, 0.4) is 0 Å². The highest BCUT2D eigenvalue weighted by molar-refractivity contribution is 5.94. The molecule has 2 rings (SSSR count). The molecule has 5 heteroatoms. The van der Waals surface area contributed by atoms with Gasteiger partial charge >= 0.3 is 0 Å². The van der Waals surface area contributed by atoms with E-state index in [0.29, 0.717) is 6.54 Å². The molecule has 0 saturated carbocycles. The fourth-order valence-corrected chi connectivity index (χ4v) is 2.27. The molecule has 0 aromatic heterocycles. The van der Waals surface area contributed by atoms with Crippen molar-refractivity contribution in [3.8, 4) is 0 Å². The molecule has 0 radical (unpaired) electrons. The molecule has 22 heavy (non-hydrogen) atoms. The van der Waals surface area contributed by atoms with Crippen LogP contribution in [-0.4, -0.2) is 26.5 Å². The normalized spacial score (nSPS) is 12.2. The van der Waals surface area contributed by atoms with Crippen molar-refractivity contribution in [2.24, 2.45) is 0 Å². The Kier molecular flexibility index (Phi) is 5.22. The average Bonchev–Trinajstić information content (AvgIpc) is 2.46. The molecule has 0 aliphatic heterocycles. The van der Waals surface area contributed by atoms with E-state index >= 15 is 0 Å². The van der Waals surface area contributed by atoms with Gasteiger partial charge in [0.2, 0.25) is 0 Å². The molecule has 2 aromatic carbocycles. The maximum Gasteiger partial charge on any atom is 0.252 e. The summed E-state index contributed by atoms with van der Waals surface area (Å²) < 4.78 is 26.5. The first-order valence-electron chi connectivity index (χ1n) is 7.06. The van der Waals surface area contributed by atoms with Crippen LogP contribution in [0.1, 0.15) is 22.0 Å².